The molecule has 112 valence electrons. The van der Waals surface area contributed by atoms with E-state index in [0.29, 0.717) is 5.92 Å². The maximum Gasteiger partial charge on any atom is 0.151 e. The molecular weight excluding hydrogens is 268 g/mol. The van der Waals surface area contributed by atoms with Crippen LogP contribution >= 0.6 is 11.8 Å². The van der Waals surface area contributed by atoms with E-state index < -0.39 is 0 Å². The summed E-state index contributed by atoms with van der Waals surface area (Å²) in [5.41, 5.74) is 1.02. The van der Waals surface area contributed by atoms with Crippen LogP contribution in [-0.2, 0) is 6.54 Å². The summed E-state index contributed by atoms with van der Waals surface area (Å²) in [5.74, 6) is 2.88. The number of hydrogen-bond acceptors (Lipinski definition) is 5. The number of anilines is 1. The first-order chi connectivity index (χ1) is 9.69. The van der Waals surface area contributed by atoms with Gasteiger partial charge < -0.3 is 10.2 Å². The molecule has 5 heteroatoms. The van der Waals surface area contributed by atoms with Crippen LogP contribution < -0.4 is 10.2 Å². The first-order valence-electron chi connectivity index (χ1n) is 7.59. The van der Waals surface area contributed by atoms with Crippen molar-refractivity contribution < 1.29 is 0 Å². The van der Waals surface area contributed by atoms with Gasteiger partial charge in [0.15, 0.2) is 5.82 Å². The summed E-state index contributed by atoms with van der Waals surface area (Å²) in [6.45, 7) is 10.7. The normalized spacial score (nSPS) is 19.6. The minimum Gasteiger partial charge on any atom is -0.353 e. The number of hydrogen-bond donors (Lipinski definition) is 1. The van der Waals surface area contributed by atoms with E-state index in [9.17, 15) is 0 Å². The largest absolute Gasteiger partial charge is 0.353 e. The molecule has 1 saturated heterocycles. The van der Waals surface area contributed by atoms with Crippen LogP contribution in [0.2, 0.25) is 0 Å². The molecular formula is C15H26N4S. The van der Waals surface area contributed by atoms with Crippen molar-refractivity contribution >= 4 is 17.6 Å². The number of nitrogens with zero attached hydrogens (tertiary/aromatic N) is 3. The molecule has 2 rings (SSSR count). The maximum atomic E-state index is 4.40. The second kappa shape index (κ2) is 7.84. The minimum atomic E-state index is 0.666. The topological polar surface area (TPSA) is 41.0 Å². The van der Waals surface area contributed by atoms with Gasteiger partial charge in [0.05, 0.1) is 5.69 Å². The summed E-state index contributed by atoms with van der Waals surface area (Å²) < 4.78 is 0. The predicted molar refractivity (Wildman–Crippen MR) is 87.3 cm³/mol. The van der Waals surface area contributed by atoms with Crippen LogP contribution in [0.5, 0.6) is 0 Å². The van der Waals surface area contributed by atoms with Crippen molar-refractivity contribution in [3.05, 3.63) is 17.8 Å². The Bertz CT molecular complexity index is 393. The fraction of sp³-hybridized carbons (Fsp3) is 0.733. The Morgan fingerprint density at radius 3 is 2.90 bits per heavy atom. The molecule has 1 N–H and O–H groups in total. The standard InChI is InChI=1S/C15H26N4S/c1-4-14-11-19(7-8-20-14)15-6-5-13(17-18-15)10-16-9-12(2)3/h5-6,12,14,16H,4,7-11H2,1-3H3. The summed E-state index contributed by atoms with van der Waals surface area (Å²) in [4.78, 5) is 2.36. The maximum absolute atomic E-state index is 4.40. The van der Waals surface area contributed by atoms with E-state index in [4.69, 9.17) is 0 Å². The van der Waals surface area contributed by atoms with Gasteiger partial charge in [-0.25, -0.2) is 0 Å². The van der Waals surface area contributed by atoms with E-state index >= 15 is 0 Å². The highest BCUT2D eigenvalue weighted by Crippen LogP contribution is 2.24. The zero-order chi connectivity index (χ0) is 14.4. The third-order valence-electron chi connectivity index (χ3n) is 3.48. The van der Waals surface area contributed by atoms with E-state index in [1.54, 1.807) is 0 Å². The van der Waals surface area contributed by atoms with Gasteiger partial charge in [-0.3, -0.25) is 0 Å². The molecule has 1 atom stereocenters. The molecule has 0 amide bonds. The van der Waals surface area contributed by atoms with E-state index in [1.165, 1.54) is 12.2 Å². The lowest BCUT2D eigenvalue weighted by Crippen LogP contribution is -2.38. The van der Waals surface area contributed by atoms with Crippen LogP contribution in [0.1, 0.15) is 32.9 Å². The monoisotopic (exact) mass is 294 g/mol. The number of nitrogens with one attached hydrogen (secondary N) is 1. The second-order valence-electron chi connectivity index (χ2n) is 5.75. The molecule has 0 aromatic carbocycles. The SMILES string of the molecule is CCC1CN(c2ccc(CNCC(C)C)nn2)CCS1. The lowest BCUT2D eigenvalue weighted by atomic mass is 10.2. The molecule has 0 aliphatic carbocycles. The van der Waals surface area contributed by atoms with Crippen LogP contribution in [0, 0.1) is 5.92 Å². The Balaban J connectivity index is 1.87. The van der Waals surface area contributed by atoms with Gasteiger partial charge in [0.25, 0.3) is 0 Å². The molecule has 2 heterocycles. The van der Waals surface area contributed by atoms with E-state index in [0.717, 1.165) is 42.9 Å². The van der Waals surface area contributed by atoms with Crippen molar-refractivity contribution in [2.24, 2.45) is 5.92 Å². The second-order valence-corrected chi connectivity index (χ2v) is 7.16. The van der Waals surface area contributed by atoms with Gasteiger partial charge in [-0.15, -0.1) is 5.10 Å². The Morgan fingerprint density at radius 1 is 1.40 bits per heavy atom. The van der Waals surface area contributed by atoms with E-state index in [1.807, 2.05) is 0 Å². The molecule has 0 bridgehead atoms. The summed E-state index contributed by atoms with van der Waals surface area (Å²) in [7, 11) is 0. The first-order valence-corrected chi connectivity index (χ1v) is 8.63. The lowest BCUT2D eigenvalue weighted by molar-refractivity contribution is 0.546. The Morgan fingerprint density at radius 2 is 2.25 bits per heavy atom. The molecule has 1 unspecified atom stereocenters. The van der Waals surface area contributed by atoms with E-state index in [-0.39, 0.29) is 0 Å². The van der Waals surface area contributed by atoms with Gasteiger partial charge >= 0.3 is 0 Å². The molecule has 1 aromatic heterocycles. The van der Waals surface area contributed by atoms with Crippen molar-refractivity contribution in [3.8, 4) is 0 Å². The van der Waals surface area contributed by atoms with Crippen LogP contribution in [0.25, 0.3) is 0 Å². The Kier molecular flexibility index (Phi) is 6.10. The van der Waals surface area contributed by atoms with Crippen LogP contribution in [0.3, 0.4) is 0 Å². The molecule has 0 radical (unpaired) electrons. The predicted octanol–water partition coefficient (Wildman–Crippen LogP) is 2.55. The molecule has 0 saturated carbocycles. The average Bonchev–Trinajstić information content (AvgIpc) is 2.48. The van der Waals surface area contributed by atoms with Gasteiger partial charge in [-0.05, 0) is 31.0 Å². The fourth-order valence-electron chi connectivity index (χ4n) is 2.28. The Hall–Kier alpha value is -0.810. The fourth-order valence-corrected chi connectivity index (χ4v) is 3.46. The highest BCUT2D eigenvalue weighted by Gasteiger charge is 2.20. The van der Waals surface area contributed by atoms with Gasteiger partial charge in [-0.2, -0.15) is 16.9 Å². The highest BCUT2D eigenvalue weighted by atomic mass is 32.2. The van der Waals surface area contributed by atoms with Crippen LogP contribution in [0.15, 0.2) is 12.1 Å². The zero-order valence-corrected chi connectivity index (χ0v) is 13.6. The molecule has 1 aliphatic rings. The molecule has 1 aromatic rings. The van der Waals surface area contributed by atoms with Gasteiger partial charge in [-0.1, -0.05) is 20.8 Å². The molecule has 1 aliphatic heterocycles. The molecule has 4 nitrogen and oxygen atoms in total. The molecule has 20 heavy (non-hydrogen) atoms. The average molecular weight is 294 g/mol. The number of rotatable bonds is 6. The highest BCUT2D eigenvalue weighted by molar-refractivity contribution is 8.00. The lowest BCUT2D eigenvalue weighted by Gasteiger charge is -2.32. The van der Waals surface area contributed by atoms with Crippen molar-refractivity contribution in [1.82, 2.24) is 15.5 Å². The van der Waals surface area contributed by atoms with Crippen molar-refractivity contribution in [1.29, 1.82) is 0 Å². The van der Waals surface area contributed by atoms with Crippen LogP contribution in [0.4, 0.5) is 5.82 Å². The molecule has 1 fully saturated rings. The molecule has 0 spiro atoms. The van der Waals surface area contributed by atoms with Crippen molar-refractivity contribution in [2.75, 3.05) is 30.3 Å². The van der Waals surface area contributed by atoms with Crippen molar-refractivity contribution in [3.63, 3.8) is 0 Å². The van der Waals surface area contributed by atoms with Gasteiger partial charge in [0, 0.05) is 30.6 Å². The van der Waals surface area contributed by atoms with Crippen molar-refractivity contribution in [2.45, 2.75) is 39.0 Å². The quantitative estimate of drug-likeness (QED) is 0.873. The summed E-state index contributed by atoms with van der Waals surface area (Å²) in [5, 5.41) is 12.9. The van der Waals surface area contributed by atoms with Gasteiger partial charge in [0.1, 0.15) is 0 Å². The smallest absolute Gasteiger partial charge is 0.151 e. The summed E-state index contributed by atoms with van der Waals surface area (Å²) in [6.07, 6.45) is 1.23. The number of aromatic nitrogens is 2. The third-order valence-corrected chi connectivity index (χ3v) is 4.85. The van der Waals surface area contributed by atoms with Gasteiger partial charge in [0.2, 0.25) is 0 Å². The van der Waals surface area contributed by atoms with Crippen LogP contribution in [-0.4, -0.2) is 40.8 Å². The zero-order valence-electron chi connectivity index (χ0n) is 12.8. The third kappa shape index (κ3) is 4.63. The van der Waals surface area contributed by atoms with E-state index in [2.05, 4.69) is 65.1 Å². The Labute approximate surface area is 126 Å². The summed E-state index contributed by atoms with van der Waals surface area (Å²) in [6, 6.07) is 4.21. The minimum absolute atomic E-state index is 0.666. The summed E-state index contributed by atoms with van der Waals surface area (Å²) >= 11 is 2.08. The first kappa shape index (κ1) is 15.6. The number of thioether (sulfide) groups is 1.